The van der Waals surface area contributed by atoms with E-state index in [0.717, 1.165) is 11.1 Å². The lowest BCUT2D eigenvalue weighted by molar-refractivity contribution is -0.145. The van der Waals surface area contributed by atoms with Gasteiger partial charge in [0.15, 0.2) is 0 Å². The summed E-state index contributed by atoms with van der Waals surface area (Å²) < 4.78 is 10.1. The van der Waals surface area contributed by atoms with E-state index < -0.39 is 59.9 Å². The summed E-state index contributed by atoms with van der Waals surface area (Å²) in [6.45, 7) is 4.93. The van der Waals surface area contributed by atoms with Gasteiger partial charge in [-0.3, -0.25) is 14.4 Å². The summed E-state index contributed by atoms with van der Waals surface area (Å²) in [6.07, 6.45) is -1.23. The maximum Gasteiger partial charge on any atom is 0.408 e. The van der Waals surface area contributed by atoms with Crippen LogP contribution in [0, 0.1) is 0 Å². The Kier molecular flexibility index (Phi) is 11.5. The number of carbonyl (C=O) groups is 5. The van der Waals surface area contributed by atoms with Crippen molar-refractivity contribution in [3.8, 4) is 0 Å². The van der Waals surface area contributed by atoms with Gasteiger partial charge in [0, 0.05) is 12.8 Å². The third-order valence-electron chi connectivity index (χ3n) is 5.41. The minimum absolute atomic E-state index is 0.0629. The lowest BCUT2D eigenvalue weighted by Crippen LogP contribution is -2.57. The zero-order valence-electron chi connectivity index (χ0n) is 22.6. The molecule has 0 aliphatic rings. The van der Waals surface area contributed by atoms with Crippen LogP contribution in [-0.4, -0.2) is 60.6 Å². The second-order valence-corrected chi connectivity index (χ2v) is 9.89. The van der Waals surface area contributed by atoms with E-state index in [1.54, 1.807) is 63.2 Å². The van der Waals surface area contributed by atoms with Gasteiger partial charge < -0.3 is 31.2 Å². The average Bonchev–Trinajstić information content (AvgIpc) is 2.86. The van der Waals surface area contributed by atoms with Gasteiger partial charge in [-0.15, -0.1) is 0 Å². The van der Waals surface area contributed by atoms with Crippen molar-refractivity contribution < 1.29 is 33.4 Å². The number of hydrogen-bond acceptors (Lipinski definition) is 7. The van der Waals surface area contributed by atoms with Gasteiger partial charge in [-0.25, -0.2) is 9.59 Å². The van der Waals surface area contributed by atoms with Crippen LogP contribution in [0.5, 0.6) is 0 Å². The van der Waals surface area contributed by atoms with Crippen molar-refractivity contribution in [3.63, 3.8) is 0 Å². The molecule has 0 saturated carbocycles. The fourth-order valence-electron chi connectivity index (χ4n) is 3.65. The van der Waals surface area contributed by atoms with Crippen molar-refractivity contribution in [3.05, 3.63) is 71.8 Å². The minimum Gasteiger partial charge on any atom is -0.467 e. The van der Waals surface area contributed by atoms with Crippen molar-refractivity contribution in [2.45, 2.75) is 63.8 Å². The average molecular weight is 541 g/mol. The molecule has 2 aromatic carbocycles. The number of nitrogens with two attached hydrogens (primary N) is 1. The largest absolute Gasteiger partial charge is 0.467 e. The first-order valence-electron chi connectivity index (χ1n) is 12.4. The molecular formula is C28H36N4O7. The lowest BCUT2D eigenvalue weighted by Gasteiger charge is -2.26. The molecule has 2 rings (SSSR count). The normalized spacial score (nSPS) is 13.2. The molecule has 0 saturated heterocycles. The Balaban J connectivity index is 2.27. The Morgan fingerprint density at radius 3 is 1.67 bits per heavy atom. The fourth-order valence-corrected chi connectivity index (χ4v) is 3.65. The quantitative estimate of drug-likeness (QED) is 0.295. The molecule has 0 bridgehead atoms. The summed E-state index contributed by atoms with van der Waals surface area (Å²) in [4.78, 5) is 63.0. The molecule has 210 valence electrons. The highest BCUT2D eigenvalue weighted by Gasteiger charge is 2.32. The summed E-state index contributed by atoms with van der Waals surface area (Å²) in [5, 5.41) is 7.58. The molecule has 0 fully saturated rings. The van der Waals surface area contributed by atoms with E-state index in [4.69, 9.17) is 15.2 Å². The second-order valence-electron chi connectivity index (χ2n) is 9.89. The Morgan fingerprint density at radius 1 is 0.744 bits per heavy atom. The fraction of sp³-hybridized carbons (Fsp3) is 0.393. The van der Waals surface area contributed by atoms with E-state index in [2.05, 4.69) is 16.0 Å². The van der Waals surface area contributed by atoms with Crippen molar-refractivity contribution in [2.75, 3.05) is 7.11 Å². The third kappa shape index (κ3) is 11.2. The molecule has 0 radical (unpaired) electrons. The number of ether oxygens (including phenoxy) is 2. The highest BCUT2D eigenvalue weighted by molar-refractivity contribution is 5.95. The van der Waals surface area contributed by atoms with Gasteiger partial charge in [0.05, 0.1) is 13.5 Å². The molecule has 0 aliphatic carbocycles. The first-order chi connectivity index (χ1) is 18.4. The molecule has 0 heterocycles. The van der Waals surface area contributed by atoms with E-state index in [9.17, 15) is 24.0 Å². The molecular weight excluding hydrogens is 504 g/mol. The van der Waals surface area contributed by atoms with Gasteiger partial charge in [0.25, 0.3) is 0 Å². The Hall–Kier alpha value is -4.41. The van der Waals surface area contributed by atoms with Crippen molar-refractivity contribution in [1.82, 2.24) is 16.0 Å². The first-order valence-corrected chi connectivity index (χ1v) is 12.4. The Morgan fingerprint density at radius 2 is 1.21 bits per heavy atom. The number of primary amides is 1. The van der Waals surface area contributed by atoms with Gasteiger partial charge in [-0.1, -0.05) is 60.7 Å². The summed E-state index contributed by atoms with van der Waals surface area (Å²) in [5.74, 6) is -2.99. The molecule has 2 aromatic rings. The highest BCUT2D eigenvalue weighted by atomic mass is 16.6. The van der Waals surface area contributed by atoms with E-state index >= 15 is 0 Å². The van der Waals surface area contributed by atoms with E-state index in [0.29, 0.717) is 0 Å². The topological polar surface area (TPSA) is 166 Å². The van der Waals surface area contributed by atoms with Crippen molar-refractivity contribution >= 4 is 29.8 Å². The van der Waals surface area contributed by atoms with Crippen molar-refractivity contribution in [1.29, 1.82) is 0 Å². The van der Waals surface area contributed by atoms with Crippen LogP contribution in [0.15, 0.2) is 60.7 Å². The molecule has 0 spiro atoms. The van der Waals surface area contributed by atoms with Crippen LogP contribution in [0.2, 0.25) is 0 Å². The SMILES string of the molecule is COC(=O)[C@H](Cc1ccccc1)NC(=O)[C@@H](Cc1ccccc1)NC(=O)[C@H](CC(N)=O)NC(=O)OC(C)(C)C. The van der Waals surface area contributed by atoms with Crippen LogP contribution in [0.1, 0.15) is 38.3 Å². The van der Waals surface area contributed by atoms with E-state index in [1.807, 2.05) is 18.2 Å². The molecule has 0 aliphatic heterocycles. The molecule has 11 nitrogen and oxygen atoms in total. The predicted molar refractivity (Wildman–Crippen MR) is 143 cm³/mol. The number of esters is 1. The maximum atomic E-state index is 13.4. The minimum atomic E-state index is -1.40. The number of hydrogen-bond donors (Lipinski definition) is 4. The molecule has 4 amide bonds. The van der Waals surface area contributed by atoms with Gasteiger partial charge in [-0.2, -0.15) is 0 Å². The third-order valence-corrected chi connectivity index (χ3v) is 5.41. The number of methoxy groups -OCH3 is 1. The number of carbonyl (C=O) groups excluding carboxylic acids is 5. The smallest absolute Gasteiger partial charge is 0.408 e. The van der Waals surface area contributed by atoms with Crippen LogP contribution < -0.4 is 21.7 Å². The number of nitrogens with one attached hydrogen (secondary N) is 3. The number of amides is 4. The number of benzene rings is 2. The Labute approximate surface area is 227 Å². The number of alkyl carbamates (subject to hydrolysis) is 1. The van der Waals surface area contributed by atoms with Crippen LogP contribution in [0.25, 0.3) is 0 Å². The standard InChI is InChI=1S/C28H36N4O7/c1-28(2,3)39-27(37)32-21(17-23(29)33)25(35)30-20(15-18-11-7-5-8-12-18)24(34)31-22(26(36)38-4)16-19-13-9-6-10-14-19/h5-14,20-22H,15-17H2,1-4H3,(H2,29,33)(H,30,35)(H,31,34)(H,32,37)/t20-,21+,22+/m1/s1. The van der Waals surface area contributed by atoms with Gasteiger partial charge >= 0.3 is 12.1 Å². The van der Waals surface area contributed by atoms with Crippen molar-refractivity contribution in [2.24, 2.45) is 5.73 Å². The molecule has 5 N–H and O–H groups in total. The molecule has 0 unspecified atom stereocenters. The summed E-state index contributed by atoms with van der Waals surface area (Å²) in [5.41, 5.74) is 5.96. The maximum absolute atomic E-state index is 13.4. The molecule has 0 aromatic heterocycles. The molecule has 11 heteroatoms. The second kappa shape index (κ2) is 14.5. The summed E-state index contributed by atoms with van der Waals surface area (Å²) in [7, 11) is 1.21. The van der Waals surface area contributed by atoms with E-state index in [1.165, 1.54) is 7.11 Å². The van der Waals surface area contributed by atoms with E-state index in [-0.39, 0.29) is 12.8 Å². The zero-order chi connectivity index (χ0) is 29.0. The predicted octanol–water partition coefficient (Wildman–Crippen LogP) is 1.38. The Bertz CT molecular complexity index is 1130. The monoisotopic (exact) mass is 540 g/mol. The van der Waals surface area contributed by atoms with Gasteiger partial charge in [0.1, 0.15) is 23.7 Å². The van der Waals surface area contributed by atoms with Crippen LogP contribution >= 0.6 is 0 Å². The lowest BCUT2D eigenvalue weighted by atomic mass is 10.0. The zero-order valence-corrected chi connectivity index (χ0v) is 22.6. The van der Waals surface area contributed by atoms with Gasteiger partial charge in [0.2, 0.25) is 17.7 Å². The number of rotatable bonds is 12. The van der Waals surface area contributed by atoms with Gasteiger partial charge in [-0.05, 0) is 31.9 Å². The van der Waals surface area contributed by atoms with Crippen LogP contribution in [-0.2, 0) is 41.5 Å². The summed E-state index contributed by atoms with van der Waals surface area (Å²) in [6, 6.07) is 14.4. The van der Waals surface area contributed by atoms with Crippen LogP contribution in [0.3, 0.4) is 0 Å². The molecule has 3 atom stereocenters. The highest BCUT2D eigenvalue weighted by Crippen LogP contribution is 2.10. The molecule has 39 heavy (non-hydrogen) atoms. The van der Waals surface area contributed by atoms with Crippen LogP contribution in [0.4, 0.5) is 4.79 Å². The summed E-state index contributed by atoms with van der Waals surface area (Å²) >= 11 is 0. The first kappa shape index (κ1) is 30.8.